The molecule has 2 aromatic heterocycles. The highest BCUT2D eigenvalue weighted by molar-refractivity contribution is 6.30. The first kappa shape index (κ1) is 14.3. The Balaban J connectivity index is 1.92. The average Bonchev–Trinajstić information content (AvgIpc) is 2.46. The predicted octanol–water partition coefficient (Wildman–Crippen LogP) is 2.48. The number of nitrogen functional groups attached to an aromatic ring is 2. The first-order chi connectivity index (χ1) is 10.5. The van der Waals surface area contributed by atoms with E-state index < -0.39 is 0 Å². The molecule has 0 unspecified atom stereocenters. The summed E-state index contributed by atoms with van der Waals surface area (Å²) in [6.45, 7) is 0.675. The number of hydrogen-bond acceptors (Lipinski definition) is 6. The van der Waals surface area contributed by atoms with Gasteiger partial charge < -0.3 is 16.4 Å². The SMILES string of the molecule is CN(Cc1cccc(Cl)c1)c1ccc2nc(N)nc(N)c2n1. The summed E-state index contributed by atoms with van der Waals surface area (Å²) in [6, 6.07) is 11.4. The summed E-state index contributed by atoms with van der Waals surface area (Å²) in [6.07, 6.45) is 0. The van der Waals surface area contributed by atoms with Crippen LogP contribution in [0.1, 0.15) is 5.56 Å². The minimum absolute atomic E-state index is 0.145. The number of rotatable bonds is 3. The topological polar surface area (TPSA) is 94.0 Å². The molecule has 0 amide bonds. The molecule has 7 heteroatoms. The smallest absolute Gasteiger partial charge is 0.222 e. The van der Waals surface area contributed by atoms with E-state index in [9.17, 15) is 0 Å². The summed E-state index contributed by atoms with van der Waals surface area (Å²) in [5.74, 6) is 1.19. The van der Waals surface area contributed by atoms with Crippen LogP contribution in [0.5, 0.6) is 0 Å². The summed E-state index contributed by atoms with van der Waals surface area (Å²) >= 11 is 6.01. The molecular weight excluding hydrogens is 300 g/mol. The summed E-state index contributed by atoms with van der Waals surface area (Å²) < 4.78 is 0. The minimum Gasteiger partial charge on any atom is -0.382 e. The highest BCUT2D eigenvalue weighted by Gasteiger charge is 2.09. The Bertz CT molecular complexity index is 835. The second-order valence-electron chi connectivity index (χ2n) is 4.99. The van der Waals surface area contributed by atoms with Gasteiger partial charge in [-0.1, -0.05) is 23.7 Å². The van der Waals surface area contributed by atoms with Gasteiger partial charge in [0, 0.05) is 18.6 Å². The number of aromatic nitrogens is 3. The van der Waals surface area contributed by atoms with Crippen LogP contribution in [0.25, 0.3) is 11.0 Å². The van der Waals surface area contributed by atoms with E-state index in [-0.39, 0.29) is 11.8 Å². The molecule has 0 saturated carbocycles. The molecule has 112 valence electrons. The molecule has 1 aromatic carbocycles. The van der Waals surface area contributed by atoms with E-state index in [4.69, 9.17) is 23.1 Å². The number of nitrogens with zero attached hydrogens (tertiary/aromatic N) is 4. The maximum Gasteiger partial charge on any atom is 0.222 e. The molecule has 0 aliphatic rings. The number of hydrogen-bond donors (Lipinski definition) is 2. The predicted molar refractivity (Wildman–Crippen MR) is 89.7 cm³/mol. The van der Waals surface area contributed by atoms with Crippen molar-refractivity contribution in [3.8, 4) is 0 Å². The van der Waals surface area contributed by atoms with Gasteiger partial charge in [0.25, 0.3) is 0 Å². The third kappa shape index (κ3) is 2.87. The van der Waals surface area contributed by atoms with Crippen LogP contribution in [-0.2, 0) is 6.54 Å². The van der Waals surface area contributed by atoms with Crippen molar-refractivity contribution >= 4 is 40.2 Å². The minimum atomic E-state index is 0.145. The molecule has 0 bridgehead atoms. The van der Waals surface area contributed by atoms with Crippen molar-refractivity contribution in [2.75, 3.05) is 23.4 Å². The Kier molecular flexibility index (Phi) is 3.68. The first-order valence-corrected chi connectivity index (χ1v) is 7.06. The van der Waals surface area contributed by atoms with Crippen molar-refractivity contribution in [2.45, 2.75) is 6.54 Å². The molecule has 0 atom stereocenters. The van der Waals surface area contributed by atoms with Gasteiger partial charge >= 0.3 is 0 Å². The van der Waals surface area contributed by atoms with Crippen molar-refractivity contribution in [3.05, 3.63) is 47.0 Å². The summed E-state index contributed by atoms with van der Waals surface area (Å²) in [5, 5.41) is 0.713. The van der Waals surface area contributed by atoms with Gasteiger partial charge in [-0.15, -0.1) is 0 Å². The maximum atomic E-state index is 6.01. The van der Waals surface area contributed by atoms with Gasteiger partial charge in [0.15, 0.2) is 5.82 Å². The lowest BCUT2D eigenvalue weighted by molar-refractivity contribution is 0.902. The fourth-order valence-electron chi connectivity index (χ4n) is 2.25. The van der Waals surface area contributed by atoms with Crippen LogP contribution in [0.15, 0.2) is 36.4 Å². The van der Waals surface area contributed by atoms with E-state index in [0.717, 1.165) is 11.4 Å². The molecule has 0 aliphatic carbocycles. The highest BCUT2D eigenvalue weighted by atomic mass is 35.5. The van der Waals surface area contributed by atoms with Gasteiger partial charge in [0.2, 0.25) is 5.95 Å². The summed E-state index contributed by atoms with van der Waals surface area (Å²) in [5.41, 5.74) is 13.7. The van der Waals surface area contributed by atoms with Crippen molar-refractivity contribution in [1.82, 2.24) is 15.0 Å². The van der Waals surface area contributed by atoms with E-state index in [2.05, 4.69) is 15.0 Å². The van der Waals surface area contributed by atoms with E-state index in [1.807, 2.05) is 48.3 Å². The molecular formula is C15H15ClN6. The monoisotopic (exact) mass is 314 g/mol. The normalized spacial score (nSPS) is 10.8. The van der Waals surface area contributed by atoms with Gasteiger partial charge in [0.1, 0.15) is 11.3 Å². The lowest BCUT2D eigenvalue weighted by Gasteiger charge is -2.19. The number of anilines is 3. The van der Waals surface area contributed by atoms with Crippen LogP contribution in [0.2, 0.25) is 5.02 Å². The fraction of sp³-hybridized carbons (Fsp3) is 0.133. The number of halogens is 1. The molecule has 4 N–H and O–H groups in total. The van der Waals surface area contributed by atoms with E-state index in [1.54, 1.807) is 0 Å². The molecule has 0 radical (unpaired) electrons. The largest absolute Gasteiger partial charge is 0.382 e. The van der Waals surface area contributed by atoms with Crippen LogP contribution in [0.3, 0.4) is 0 Å². The fourth-order valence-corrected chi connectivity index (χ4v) is 2.46. The first-order valence-electron chi connectivity index (χ1n) is 6.68. The maximum absolute atomic E-state index is 6.01. The van der Waals surface area contributed by atoms with E-state index >= 15 is 0 Å². The second-order valence-corrected chi connectivity index (χ2v) is 5.43. The molecule has 0 aliphatic heterocycles. The third-order valence-corrected chi connectivity index (χ3v) is 3.51. The molecule has 22 heavy (non-hydrogen) atoms. The van der Waals surface area contributed by atoms with Crippen LogP contribution in [-0.4, -0.2) is 22.0 Å². The number of benzene rings is 1. The Morgan fingerprint density at radius 1 is 1.09 bits per heavy atom. The molecule has 0 spiro atoms. The average molecular weight is 315 g/mol. The van der Waals surface area contributed by atoms with Crippen molar-refractivity contribution in [1.29, 1.82) is 0 Å². The second kappa shape index (κ2) is 5.65. The molecule has 2 heterocycles. The Morgan fingerprint density at radius 3 is 2.68 bits per heavy atom. The van der Waals surface area contributed by atoms with Gasteiger partial charge in [-0.05, 0) is 29.8 Å². The van der Waals surface area contributed by atoms with Gasteiger partial charge in [0.05, 0.1) is 5.52 Å². The quantitative estimate of drug-likeness (QED) is 0.771. The Labute approximate surface area is 132 Å². The lowest BCUT2D eigenvalue weighted by Crippen LogP contribution is -2.18. The zero-order chi connectivity index (χ0) is 15.7. The molecule has 0 fully saturated rings. The van der Waals surface area contributed by atoms with E-state index in [0.29, 0.717) is 22.6 Å². The lowest BCUT2D eigenvalue weighted by atomic mass is 10.2. The van der Waals surface area contributed by atoms with Gasteiger partial charge in [-0.3, -0.25) is 0 Å². The van der Waals surface area contributed by atoms with Crippen LogP contribution >= 0.6 is 11.6 Å². The molecule has 6 nitrogen and oxygen atoms in total. The van der Waals surface area contributed by atoms with Gasteiger partial charge in [-0.2, -0.15) is 4.98 Å². The standard InChI is InChI=1S/C15H15ClN6/c1-22(8-9-3-2-4-10(16)7-9)12-6-5-11-13(20-12)14(17)21-15(18)19-11/h2-7H,8H2,1H3,(H4,17,18,19,21). The number of nitrogens with two attached hydrogens (primary N) is 2. The molecule has 0 saturated heterocycles. The molecule has 3 rings (SSSR count). The van der Waals surface area contributed by atoms with Crippen LogP contribution < -0.4 is 16.4 Å². The highest BCUT2D eigenvalue weighted by Crippen LogP contribution is 2.22. The Hall–Kier alpha value is -2.60. The Morgan fingerprint density at radius 2 is 1.91 bits per heavy atom. The van der Waals surface area contributed by atoms with E-state index in [1.165, 1.54) is 0 Å². The third-order valence-electron chi connectivity index (χ3n) is 3.27. The van der Waals surface area contributed by atoms with Gasteiger partial charge in [-0.25, -0.2) is 9.97 Å². The van der Waals surface area contributed by atoms with Crippen LogP contribution in [0.4, 0.5) is 17.6 Å². The number of pyridine rings is 1. The zero-order valence-corrected chi connectivity index (χ0v) is 12.7. The van der Waals surface area contributed by atoms with Crippen molar-refractivity contribution in [3.63, 3.8) is 0 Å². The molecule has 3 aromatic rings. The van der Waals surface area contributed by atoms with Crippen molar-refractivity contribution < 1.29 is 0 Å². The summed E-state index contributed by atoms with van der Waals surface area (Å²) in [7, 11) is 1.95. The van der Waals surface area contributed by atoms with Crippen molar-refractivity contribution in [2.24, 2.45) is 0 Å². The zero-order valence-electron chi connectivity index (χ0n) is 12.0. The number of fused-ring (bicyclic) bond motifs is 1. The summed E-state index contributed by atoms with van der Waals surface area (Å²) in [4.78, 5) is 14.6. The van der Waals surface area contributed by atoms with Crippen LogP contribution in [0, 0.1) is 0 Å².